The van der Waals surface area contributed by atoms with E-state index in [2.05, 4.69) is 4.57 Å². The van der Waals surface area contributed by atoms with Gasteiger partial charge in [0.2, 0.25) is 0 Å². The maximum Gasteiger partial charge on any atom is 0.182 e. The summed E-state index contributed by atoms with van der Waals surface area (Å²) in [5, 5.41) is 0. The predicted octanol–water partition coefficient (Wildman–Crippen LogP) is 1.13. The van der Waals surface area contributed by atoms with Crippen molar-refractivity contribution in [3.05, 3.63) is 33.7 Å². The summed E-state index contributed by atoms with van der Waals surface area (Å²) in [6, 6.07) is 4.23. The summed E-state index contributed by atoms with van der Waals surface area (Å²) in [5.41, 5.74) is 7.95. The summed E-state index contributed by atoms with van der Waals surface area (Å²) in [5.74, 6) is 0. The molecule has 0 amide bonds. The highest BCUT2D eigenvalue weighted by atomic mass is 16.1. The molecule has 0 atom stereocenters. The van der Waals surface area contributed by atoms with Gasteiger partial charge in [-0.2, -0.15) is 0 Å². The van der Waals surface area contributed by atoms with E-state index in [-0.39, 0.29) is 5.43 Å². The van der Waals surface area contributed by atoms with Crippen LogP contribution in [-0.2, 0) is 0 Å². The molecule has 1 aromatic rings. The van der Waals surface area contributed by atoms with Crippen molar-refractivity contribution >= 4 is 0 Å². The Bertz CT molecular complexity index is 376. The van der Waals surface area contributed by atoms with Crippen LogP contribution in [0.4, 0.5) is 0 Å². The van der Waals surface area contributed by atoms with Crippen LogP contribution in [0.25, 0.3) is 0 Å². The molecule has 2 N–H and O–H groups in total. The summed E-state index contributed by atoms with van der Waals surface area (Å²) in [7, 11) is 0. The van der Waals surface area contributed by atoms with E-state index < -0.39 is 0 Å². The zero-order chi connectivity index (χ0) is 10.3. The molecule has 0 aromatic carbocycles. The lowest BCUT2D eigenvalue weighted by Crippen LogP contribution is -2.39. The Morgan fingerprint density at radius 3 is 2.21 bits per heavy atom. The highest BCUT2D eigenvalue weighted by Crippen LogP contribution is 2.32. The number of aryl methyl sites for hydroxylation is 2. The van der Waals surface area contributed by atoms with Crippen molar-refractivity contribution in [1.82, 2.24) is 4.57 Å². The lowest BCUT2D eigenvalue weighted by atomic mass is 9.86. The van der Waals surface area contributed by atoms with Gasteiger partial charge >= 0.3 is 0 Å². The summed E-state index contributed by atoms with van der Waals surface area (Å²) < 4.78 is 2.23. The quantitative estimate of drug-likeness (QED) is 0.725. The van der Waals surface area contributed by atoms with E-state index in [9.17, 15) is 4.79 Å². The van der Waals surface area contributed by atoms with Crippen molar-refractivity contribution in [3.8, 4) is 0 Å². The lowest BCUT2D eigenvalue weighted by Gasteiger charge is -2.36. The molecular formula is C11H16N2O. The number of hydrogen-bond acceptors (Lipinski definition) is 2. The second kappa shape index (κ2) is 3.24. The van der Waals surface area contributed by atoms with Crippen molar-refractivity contribution in [2.75, 3.05) is 0 Å². The van der Waals surface area contributed by atoms with Crippen molar-refractivity contribution in [3.63, 3.8) is 0 Å². The number of rotatable bonds is 1. The first-order valence-electron chi connectivity index (χ1n) is 5.03. The van der Waals surface area contributed by atoms with Crippen LogP contribution in [0.2, 0.25) is 0 Å². The second-order valence-corrected chi connectivity index (χ2v) is 4.23. The first kappa shape index (κ1) is 9.46. The van der Waals surface area contributed by atoms with Gasteiger partial charge in [0.1, 0.15) is 0 Å². The van der Waals surface area contributed by atoms with E-state index in [1.165, 1.54) is 0 Å². The molecule has 0 saturated heterocycles. The van der Waals surface area contributed by atoms with Crippen LogP contribution in [-0.4, -0.2) is 10.6 Å². The Morgan fingerprint density at radius 2 is 1.79 bits per heavy atom. The van der Waals surface area contributed by atoms with E-state index in [0.29, 0.717) is 12.1 Å². The molecule has 0 spiro atoms. The van der Waals surface area contributed by atoms with Gasteiger partial charge in [0.05, 0.1) is 0 Å². The van der Waals surface area contributed by atoms with Gasteiger partial charge in [0.25, 0.3) is 0 Å². The minimum Gasteiger partial charge on any atom is -0.346 e. The fourth-order valence-corrected chi connectivity index (χ4v) is 2.29. The molecule has 76 valence electrons. The van der Waals surface area contributed by atoms with Crippen LogP contribution < -0.4 is 11.2 Å². The average Bonchev–Trinajstić information content (AvgIpc) is 1.99. The molecule has 1 aliphatic rings. The molecule has 1 aromatic heterocycles. The number of nitrogens with zero attached hydrogens (tertiary/aromatic N) is 1. The minimum absolute atomic E-state index is 0.0971. The first-order chi connectivity index (χ1) is 6.58. The van der Waals surface area contributed by atoms with Crippen LogP contribution in [0, 0.1) is 13.8 Å². The van der Waals surface area contributed by atoms with Crippen LogP contribution in [0.1, 0.15) is 30.3 Å². The molecular weight excluding hydrogens is 176 g/mol. The summed E-state index contributed by atoms with van der Waals surface area (Å²) in [6.45, 7) is 3.97. The van der Waals surface area contributed by atoms with Gasteiger partial charge in [-0.1, -0.05) is 0 Å². The van der Waals surface area contributed by atoms with Crippen LogP contribution in [0.3, 0.4) is 0 Å². The molecule has 0 bridgehead atoms. The summed E-state index contributed by atoms with van der Waals surface area (Å²) >= 11 is 0. The monoisotopic (exact) mass is 192 g/mol. The van der Waals surface area contributed by atoms with E-state index in [1.807, 2.05) is 13.8 Å². The molecule has 1 heterocycles. The molecule has 1 saturated carbocycles. The molecule has 1 fully saturated rings. The van der Waals surface area contributed by atoms with E-state index in [0.717, 1.165) is 24.2 Å². The van der Waals surface area contributed by atoms with Gasteiger partial charge in [-0.05, 0) is 26.7 Å². The van der Waals surface area contributed by atoms with Crippen molar-refractivity contribution < 1.29 is 0 Å². The Balaban J connectivity index is 2.38. The normalized spacial score (nSPS) is 25.9. The molecule has 0 unspecified atom stereocenters. The zero-order valence-corrected chi connectivity index (χ0v) is 8.66. The van der Waals surface area contributed by atoms with Gasteiger partial charge < -0.3 is 10.3 Å². The van der Waals surface area contributed by atoms with Gasteiger partial charge in [-0.25, -0.2) is 0 Å². The molecule has 1 aliphatic carbocycles. The summed E-state index contributed by atoms with van der Waals surface area (Å²) in [4.78, 5) is 11.2. The lowest BCUT2D eigenvalue weighted by molar-refractivity contribution is 0.258. The van der Waals surface area contributed by atoms with E-state index in [4.69, 9.17) is 5.73 Å². The maximum atomic E-state index is 11.2. The SMILES string of the molecule is Cc1cc(=O)cc(C)n1C1CC(N)C1. The van der Waals surface area contributed by atoms with Crippen molar-refractivity contribution in [2.24, 2.45) is 5.73 Å². The first-order valence-corrected chi connectivity index (χ1v) is 5.03. The zero-order valence-electron chi connectivity index (χ0n) is 8.66. The molecule has 0 aliphatic heterocycles. The number of aromatic nitrogens is 1. The van der Waals surface area contributed by atoms with Gasteiger partial charge in [-0.3, -0.25) is 4.79 Å². The van der Waals surface area contributed by atoms with Crippen molar-refractivity contribution in [2.45, 2.75) is 38.8 Å². The van der Waals surface area contributed by atoms with E-state index >= 15 is 0 Å². The Hall–Kier alpha value is -1.09. The largest absolute Gasteiger partial charge is 0.346 e. The second-order valence-electron chi connectivity index (χ2n) is 4.23. The fraction of sp³-hybridized carbons (Fsp3) is 0.545. The van der Waals surface area contributed by atoms with E-state index in [1.54, 1.807) is 12.1 Å². The highest BCUT2D eigenvalue weighted by Gasteiger charge is 2.28. The molecule has 0 radical (unpaired) electrons. The molecule has 14 heavy (non-hydrogen) atoms. The molecule has 3 heteroatoms. The standard InChI is InChI=1S/C11H16N2O/c1-7-3-11(14)4-8(2)13(7)10-5-9(12)6-10/h3-4,9-10H,5-6,12H2,1-2H3. The van der Waals surface area contributed by atoms with Gasteiger partial charge in [0, 0.05) is 35.6 Å². The smallest absolute Gasteiger partial charge is 0.182 e. The van der Waals surface area contributed by atoms with Gasteiger partial charge in [-0.15, -0.1) is 0 Å². The maximum absolute atomic E-state index is 11.2. The summed E-state index contributed by atoms with van der Waals surface area (Å²) in [6.07, 6.45) is 2.06. The van der Waals surface area contributed by atoms with Crippen LogP contribution >= 0.6 is 0 Å². The molecule has 2 rings (SSSR count). The Labute approximate surface area is 83.5 Å². The Kier molecular flexibility index (Phi) is 2.19. The van der Waals surface area contributed by atoms with Crippen molar-refractivity contribution in [1.29, 1.82) is 0 Å². The highest BCUT2D eigenvalue weighted by molar-refractivity contribution is 5.15. The average molecular weight is 192 g/mol. The fourth-order valence-electron chi connectivity index (χ4n) is 2.29. The predicted molar refractivity (Wildman–Crippen MR) is 56.4 cm³/mol. The third kappa shape index (κ3) is 1.48. The van der Waals surface area contributed by atoms with Crippen LogP contribution in [0.15, 0.2) is 16.9 Å². The van der Waals surface area contributed by atoms with Gasteiger partial charge in [0.15, 0.2) is 5.43 Å². The number of nitrogens with two attached hydrogens (primary N) is 1. The third-order valence-electron chi connectivity index (χ3n) is 2.98. The number of pyridine rings is 1. The molecule has 3 nitrogen and oxygen atoms in total. The third-order valence-corrected chi connectivity index (χ3v) is 2.98. The minimum atomic E-state index is 0.0971. The van der Waals surface area contributed by atoms with Crippen LogP contribution in [0.5, 0.6) is 0 Å². The Morgan fingerprint density at radius 1 is 1.29 bits per heavy atom. The topological polar surface area (TPSA) is 48.0 Å². The number of hydrogen-bond donors (Lipinski definition) is 1.